The number of aliphatic hydroxyl groups is 1. The molecule has 9 heteroatoms. The Hall–Kier alpha value is -1.00. The molecule has 108 valence electrons. The minimum Gasteiger partial charge on any atom is -0.477 e. The van der Waals surface area contributed by atoms with Crippen LogP contribution in [-0.2, 0) is 15.2 Å². The Bertz CT molecular complexity index is 370. The number of quaternary nitrogens is 1. The van der Waals surface area contributed by atoms with Gasteiger partial charge < -0.3 is 10.2 Å². The second kappa shape index (κ2) is 7.44. The molecule has 0 aliphatic heterocycles. The number of hydrogen-bond acceptors (Lipinski definition) is 4. The second-order valence-corrected chi connectivity index (χ2v) is 4.81. The summed E-state index contributed by atoms with van der Waals surface area (Å²) in [5.74, 6) is -0.912. The van der Waals surface area contributed by atoms with E-state index in [9.17, 15) is 9.90 Å². The van der Waals surface area contributed by atoms with Crippen LogP contribution in [0.5, 0.6) is 0 Å². The lowest BCUT2D eigenvalue weighted by Gasteiger charge is -2.39. The molecule has 0 rings (SSSR count). The topological polar surface area (TPSA) is 132 Å². The summed E-state index contributed by atoms with van der Waals surface area (Å²) < 4.78 is 31.6. The van der Waals surface area contributed by atoms with Gasteiger partial charge in [0.1, 0.15) is 0 Å². The maximum absolute atomic E-state index is 10.8. The summed E-state index contributed by atoms with van der Waals surface area (Å²) in [7, 11) is -2.97. The largest absolute Gasteiger partial charge is 0.477 e. The zero-order valence-electron chi connectivity index (χ0n) is 10.5. The third kappa shape index (κ3) is 8.14. The van der Waals surface area contributed by atoms with Gasteiger partial charge in [0, 0.05) is 6.92 Å². The third-order valence-corrected chi connectivity index (χ3v) is 2.62. The van der Waals surface area contributed by atoms with E-state index in [1.54, 1.807) is 27.0 Å². The SMILES string of the molecule is C=CC[N+](C)(C(C)O)C(C)C(=O)O.O=S(=O)(O)O. The van der Waals surface area contributed by atoms with Crippen LogP contribution in [0.25, 0.3) is 0 Å². The van der Waals surface area contributed by atoms with Crippen LogP contribution in [0.1, 0.15) is 13.8 Å². The first-order chi connectivity index (χ1) is 7.86. The van der Waals surface area contributed by atoms with E-state index in [0.717, 1.165) is 0 Å². The van der Waals surface area contributed by atoms with Crippen molar-refractivity contribution >= 4 is 16.4 Å². The van der Waals surface area contributed by atoms with Crippen molar-refractivity contribution in [2.45, 2.75) is 26.1 Å². The van der Waals surface area contributed by atoms with E-state index in [-0.39, 0.29) is 4.48 Å². The van der Waals surface area contributed by atoms with Crippen LogP contribution in [0.3, 0.4) is 0 Å². The Balaban J connectivity index is 0. The molecule has 3 atom stereocenters. The van der Waals surface area contributed by atoms with Gasteiger partial charge in [-0.15, -0.1) is 0 Å². The van der Waals surface area contributed by atoms with Crippen LogP contribution in [0.15, 0.2) is 12.7 Å². The van der Waals surface area contributed by atoms with E-state index >= 15 is 0 Å². The highest BCUT2D eigenvalue weighted by Gasteiger charge is 2.37. The highest BCUT2D eigenvalue weighted by molar-refractivity contribution is 7.79. The molecule has 0 heterocycles. The van der Waals surface area contributed by atoms with Crippen LogP contribution in [0, 0.1) is 0 Å². The summed E-state index contributed by atoms with van der Waals surface area (Å²) in [6, 6.07) is -0.641. The lowest BCUT2D eigenvalue weighted by Crippen LogP contribution is -2.59. The summed E-state index contributed by atoms with van der Waals surface area (Å²) >= 11 is 0. The molecule has 0 amide bonds. The van der Waals surface area contributed by atoms with Gasteiger partial charge >= 0.3 is 16.4 Å². The first kappa shape index (κ1) is 19.3. The van der Waals surface area contributed by atoms with E-state index in [0.29, 0.717) is 6.54 Å². The maximum Gasteiger partial charge on any atom is 0.394 e. The van der Waals surface area contributed by atoms with Crippen LogP contribution in [0.2, 0.25) is 0 Å². The van der Waals surface area contributed by atoms with E-state index < -0.39 is 28.6 Å². The molecule has 0 saturated carbocycles. The number of aliphatic carboxylic acids is 1. The van der Waals surface area contributed by atoms with Gasteiger partial charge in [0.25, 0.3) is 0 Å². The Morgan fingerprint density at radius 2 is 1.72 bits per heavy atom. The Morgan fingerprint density at radius 1 is 1.39 bits per heavy atom. The van der Waals surface area contributed by atoms with E-state index in [2.05, 4.69) is 6.58 Å². The normalized spacial score (nSPS) is 17.7. The number of carboxylic acids is 1. The van der Waals surface area contributed by atoms with Crippen LogP contribution < -0.4 is 0 Å². The summed E-state index contributed by atoms with van der Waals surface area (Å²) in [5.41, 5.74) is 0. The molecule has 0 saturated heterocycles. The lowest BCUT2D eigenvalue weighted by atomic mass is 10.2. The average molecular weight is 286 g/mol. The van der Waals surface area contributed by atoms with Crippen LogP contribution >= 0.6 is 0 Å². The molecule has 4 N–H and O–H groups in total. The predicted molar refractivity (Wildman–Crippen MR) is 64.2 cm³/mol. The van der Waals surface area contributed by atoms with Crippen molar-refractivity contribution in [3.05, 3.63) is 12.7 Å². The molecule has 8 nitrogen and oxygen atoms in total. The lowest BCUT2D eigenvalue weighted by molar-refractivity contribution is -0.959. The van der Waals surface area contributed by atoms with Gasteiger partial charge in [0.2, 0.25) is 0 Å². The van der Waals surface area contributed by atoms with Crippen molar-refractivity contribution in [2.75, 3.05) is 13.6 Å². The van der Waals surface area contributed by atoms with Crippen LogP contribution in [0.4, 0.5) is 0 Å². The van der Waals surface area contributed by atoms with Gasteiger partial charge in [-0.2, -0.15) is 8.42 Å². The molecule has 18 heavy (non-hydrogen) atoms. The Labute approximate surface area is 106 Å². The van der Waals surface area contributed by atoms with Gasteiger partial charge in [-0.3, -0.25) is 13.6 Å². The Morgan fingerprint density at radius 3 is 1.89 bits per heavy atom. The number of likely N-dealkylation sites (N-methyl/N-ethyl adjacent to an activating group) is 1. The maximum atomic E-state index is 10.8. The summed E-state index contributed by atoms with van der Waals surface area (Å²) in [6.07, 6.45) is 0.899. The standard InChI is InChI=1S/C9H17NO3.H2O4S/c1-5-6-10(4,8(3)11)7(2)9(12)13;1-5(2,3)4/h5,7-8,11H,1,6H2,2-4H3;(H2,1,2,3,4)/p+1. The van der Waals surface area contributed by atoms with Crippen molar-refractivity contribution in [3.63, 3.8) is 0 Å². The molecule has 3 unspecified atom stereocenters. The third-order valence-electron chi connectivity index (χ3n) is 2.62. The summed E-state index contributed by atoms with van der Waals surface area (Å²) in [4.78, 5) is 10.8. The zero-order chi connectivity index (χ0) is 15.1. The Kier molecular flexibility index (Phi) is 7.99. The molecule has 0 aliphatic rings. The quantitative estimate of drug-likeness (QED) is 0.238. The number of nitrogens with zero attached hydrogens (tertiary/aromatic N) is 1. The zero-order valence-corrected chi connectivity index (χ0v) is 11.3. The number of hydrogen-bond donors (Lipinski definition) is 4. The summed E-state index contributed by atoms with van der Waals surface area (Å²) in [6.45, 7) is 7.15. The average Bonchev–Trinajstić information content (AvgIpc) is 2.13. The smallest absolute Gasteiger partial charge is 0.394 e. The molecule has 0 fully saturated rings. The second-order valence-electron chi connectivity index (χ2n) is 3.91. The van der Waals surface area contributed by atoms with Crippen molar-refractivity contribution < 1.29 is 37.0 Å². The van der Waals surface area contributed by atoms with Crippen molar-refractivity contribution in [2.24, 2.45) is 0 Å². The highest BCUT2D eigenvalue weighted by atomic mass is 32.3. The number of rotatable bonds is 5. The molecule has 0 bridgehead atoms. The molecule has 0 aromatic heterocycles. The predicted octanol–water partition coefficient (Wildman–Crippen LogP) is -0.222. The first-order valence-corrected chi connectivity index (χ1v) is 6.32. The minimum atomic E-state index is -4.67. The van der Waals surface area contributed by atoms with Gasteiger partial charge in [-0.05, 0) is 13.0 Å². The molecule has 0 aromatic carbocycles. The molecule has 0 spiro atoms. The molecule has 0 aromatic rings. The van der Waals surface area contributed by atoms with Gasteiger partial charge in [0.15, 0.2) is 12.3 Å². The fourth-order valence-corrected chi connectivity index (χ4v) is 1.16. The number of carbonyl (C=O) groups is 1. The fourth-order valence-electron chi connectivity index (χ4n) is 1.16. The number of carboxylic acid groups (broad SMARTS) is 1. The van der Waals surface area contributed by atoms with Crippen molar-refractivity contribution in [1.82, 2.24) is 0 Å². The van der Waals surface area contributed by atoms with Gasteiger partial charge in [-0.25, -0.2) is 4.79 Å². The number of aliphatic hydroxyl groups excluding tert-OH is 1. The van der Waals surface area contributed by atoms with E-state index in [4.69, 9.17) is 22.6 Å². The highest BCUT2D eigenvalue weighted by Crippen LogP contribution is 2.14. The molecule has 0 aliphatic carbocycles. The van der Waals surface area contributed by atoms with Crippen molar-refractivity contribution in [1.29, 1.82) is 0 Å². The summed E-state index contributed by atoms with van der Waals surface area (Å²) in [5, 5.41) is 18.3. The molecule has 0 radical (unpaired) electrons. The fraction of sp³-hybridized carbons (Fsp3) is 0.667. The van der Waals surface area contributed by atoms with Gasteiger partial charge in [-0.1, -0.05) is 6.58 Å². The molecular formula is C9H20NO7S+. The molecular weight excluding hydrogens is 266 g/mol. The van der Waals surface area contributed by atoms with Crippen molar-refractivity contribution in [3.8, 4) is 0 Å². The van der Waals surface area contributed by atoms with E-state index in [1.165, 1.54) is 0 Å². The van der Waals surface area contributed by atoms with Crippen LogP contribution in [-0.4, -0.2) is 64.1 Å². The first-order valence-electron chi connectivity index (χ1n) is 4.92. The monoisotopic (exact) mass is 286 g/mol. The minimum absolute atomic E-state index is 0.0544. The van der Waals surface area contributed by atoms with Gasteiger partial charge in [0.05, 0.1) is 13.6 Å². The van der Waals surface area contributed by atoms with E-state index in [1.807, 2.05) is 0 Å².